The highest BCUT2D eigenvalue weighted by Crippen LogP contribution is 2.44. The van der Waals surface area contributed by atoms with Gasteiger partial charge in [-0.15, -0.1) is 0 Å². The summed E-state index contributed by atoms with van der Waals surface area (Å²) in [6.45, 7) is 0.418. The van der Waals surface area contributed by atoms with Gasteiger partial charge in [-0.1, -0.05) is 67.8 Å². The second-order valence-corrected chi connectivity index (χ2v) is 7.99. The zero-order valence-electron chi connectivity index (χ0n) is 16.3. The van der Waals surface area contributed by atoms with Crippen molar-refractivity contribution in [2.45, 2.75) is 50.5 Å². The molecule has 0 heterocycles. The minimum absolute atomic E-state index is 0.000880. The first-order valence-electron chi connectivity index (χ1n) is 10.5. The first-order valence-corrected chi connectivity index (χ1v) is 10.5. The van der Waals surface area contributed by atoms with Gasteiger partial charge in [0.25, 0.3) is 0 Å². The van der Waals surface area contributed by atoms with Crippen molar-refractivity contribution >= 4 is 6.09 Å². The molecule has 2 N–H and O–H groups in total. The lowest BCUT2D eigenvalue weighted by Gasteiger charge is -2.30. The Labute approximate surface area is 166 Å². The summed E-state index contributed by atoms with van der Waals surface area (Å²) < 4.78 is 5.68. The Balaban J connectivity index is 1.41. The van der Waals surface area contributed by atoms with Crippen LogP contribution in [0.4, 0.5) is 4.79 Å². The fourth-order valence-electron chi connectivity index (χ4n) is 4.89. The number of carbonyl (C=O) groups is 1. The fourth-order valence-corrected chi connectivity index (χ4v) is 4.89. The number of carbonyl (C=O) groups excluding carboxylic acids is 1. The van der Waals surface area contributed by atoms with Crippen molar-refractivity contribution in [2.24, 2.45) is 5.92 Å². The maximum Gasteiger partial charge on any atom is 0.407 e. The molecule has 4 nitrogen and oxygen atoms in total. The quantitative estimate of drug-likeness (QED) is 0.754. The molecular formula is C24H29NO3. The van der Waals surface area contributed by atoms with E-state index in [9.17, 15) is 9.90 Å². The predicted molar refractivity (Wildman–Crippen MR) is 110 cm³/mol. The second kappa shape index (κ2) is 8.78. The minimum Gasteiger partial charge on any atom is -0.449 e. The van der Waals surface area contributed by atoms with Crippen LogP contribution in [0.5, 0.6) is 0 Å². The highest BCUT2D eigenvalue weighted by atomic mass is 16.5. The summed E-state index contributed by atoms with van der Waals surface area (Å²) in [4.78, 5) is 12.5. The number of aliphatic hydroxyl groups is 1. The van der Waals surface area contributed by atoms with Gasteiger partial charge in [0.1, 0.15) is 6.61 Å². The van der Waals surface area contributed by atoms with Gasteiger partial charge in [0, 0.05) is 18.6 Å². The van der Waals surface area contributed by atoms with Gasteiger partial charge in [0.05, 0.1) is 0 Å². The summed E-state index contributed by atoms with van der Waals surface area (Å²) in [5.41, 5.74) is 4.89. The van der Waals surface area contributed by atoms with Gasteiger partial charge in [-0.05, 0) is 47.4 Å². The van der Waals surface area contributed by atoms with Crippen molar-refractivity contribution in [1.29, 1.82) is 0 Å². The summed E-state index contributed by atoms with van der Waals surface area (Å²) >= 11 is 0. The predicted octanol–water partition coefficient (Wildman–Crippen LogP) is 4.86. The Hall–Kier alpha value is -2.33. The van der Waals surface area contributed by atoms with Gasteiger partial charge in [-0.25, -0.2) is 4.79 Å². The number of aliphatic hydroxyl groups excluding tert-OH is 1. The Morgan fingerprint density at radius 3 is 2.21 bits per heavy atom. The zero-order chi connectivity index (χ0) is 19.3. The average molecular weight is 380 g/mol. The zero-order valence-corrected chi connectivity index (χ0v) is 16.3. The molecule has 1 atom stereocenters. The molecule has 0 bridgehead atoms. The lowest BCUT2D eigenvalue weighted by molar-refractivity contribution is 0.127. The third-order valence-electron chi connectivity index (χ3n) is 6.31. The van der Waals surface area contributed by atoms with E-state index in [-0.39, 0.29) is 24.7 Å². The average Bonchev–Trinajstić information content (AvgIpc) is 3.06. The van der Waals surface area contributed by atoms with Crippen LogP contribution in [0.1, 0.15) is 55.6 Å². The number of rotatable bonds is 6. The van der Waals surface area contributed by atoms with Crippen LogP contribution < -0.4 is 5.32 Å². The molecule has 0 unspecified atom stereocenters. The molecule has 0 spiro atoms. The van der Waals surface area contributed by atoms with Crippen molar-refractivity contribution in [2.75, 3.05) is 13.2 Å². The fraction of sp³-hybridized carbons (Fsp3) is 0.458. The number of hydrogen-bond donors (Lipinski definition) is 2. The van der Waals surface area contributed by atoms with E-state index in [1.807, 2.05) is 12.1 Å². The monoisotopic (exact) mass is 379 g/mol. The molecule has 2 aromatic carbocycles. The molecule has 1 fully saturated rings. The molecule has 148 valence electrons. The van der Waals surface area contributed by atoms with Crippen molar-refractivity contribution < 1.29 is 14.6 Å². The molecule has 0 aliphatic heterocycles. The summed E-state index contributed by atoms with van der Waals surface area (Å²) in [5, 5.41) is 12.4. The molecule has 2 aromatic rings. The SMILES string of the molecule is O=C(N[C@H](CCO)C1CCCCC1)OCC1c2ccccc2-c2ccccc21. The number of fused-ring (bicyclic) bond motifs is 3. The van der Waals surface area contributed by atoms with Crippen LogP contribution >= 0.6 is 0 Å². The summed E-state index contributed by atoms with van der Waals surface area (Å²) in [6, 6.07) is 16.7. The highest BCUT2D eigenvalue weighted by Gasteiger charge is 2.30. The lowest BCUT2D eigenvalue weighted by Crippen LogP contribution is -2.42. The van der Waals surface area contributed by atoms with E-state index in [1.54, 1.807) is 0 Å². The van der Waals surface area contributed by atoms with Gasteiger partial charge < -0.3 is 15.2 Å². The topological polar surface area (TPSA) is 58.6 Å². The molecule has 1 saturated carbocycles. The van der Waals surface area contributed by atoms with Crippen molar-refractivity contribution in [1.82, 2.24) is 5.32 Å². The molecule has 0 radical (unpaired) electrons. The molecule has 0 aromatic heterocycles. The number of hydrogen-bond acceptors (Lipinski definition) is 3. The van der Waals surface area contributed by atoms with Crippen molar-refractivity contribution in [3.05, 3.63) is 59.7 Å². The number of nitrogens with one attached hydrogen (secondary N) is 1. The van der Waals surface area contributed by atoms with E-state index in [0.29, 0.717) is 18.9 Å². The molecule has 4 heteroatoms. The van der Waals surface area contributed by atoms with Crippen LogP contribution in [0.25, 0.3) is 11.1 Å². The second-order valence-electron chi connectivity index (χ2n) is 7.99. The third-order valence-corrected chi connectivity index (χ3v) is 6.31. The molecule has 28 heavy (non-hydrogen) atoms. The van der Waals surface area contributed by atoms with Crippen LogP contribution in [0.3, 0.4) is 0 Å². The van der Waals surface area contributed by atoms with E-state index in [4.69, 9.17) is 4.74 Å². The first kappa shape index (κ1) is 19.0. The van der Waals surface area contributed by atoms with E-state index in [0.717, 1.165) is 12.8 Å². The number of ether oxygens (including phenoxy) is 1. The minimum atomic E-state index is -0.370. The maximum absolute atomic E-state index is 12.5. The van der Waals surface area contributed by atoms with E-state index in [1.165, 1.54) is 41.5 Å². The summed E-state index contributed by atoms with van der Waals surface area (Å²) in [7, 11) is 0. The Morgan fingerprint density at radius 1 is 1.00 bits per heavy atom. The van der Waals surface area contributed by atoms with E-state index < -0.39 is 0 Å². The van der Waals surface area contributed by atoms with Crippen LogP contribution in [0.15, 0.2) is 48.5 Å². The lowest BCUT2D eigenvalue weighted by atomic mass is 9.83. The van der Waals surface area contributed by atoms with Crippen LogP contribution in [0, 0.1) is 5.92 Å². The standard InChI is InChI=1S/C24H29NO3/c26-15-14-23(17-8-2-1-3-9-17)25-24(27)28-16-22-20-12-6-4-10-18(20)19-11-5-7-13-21(19)22/h4-7,10-13,17,22-23,26H,1-3,8-9,14-16H2,(H,25,27)/t23-/m1/s1. The largest absolute Gasteiger partial charge is 0.449 e. The van der Waals surface area contributed by atoms with Gasteiger partial charge in [0.15, 0.2) is 0 Å². The van der Waals surface area contributed by atoms with Gasteiger partial charge in [-0.3, -0.25) is 0 Å². The molecule has 2 aliphatic carbocycles. The normalized spacial score (nSPS) is 17.6. The number of amides is 1. The Bertz CT molecular complexity index is 768. The summed E-state index contributed by atoms with van der Waals surface area (Å²) in [5.74, 6) is 0.519. The van der Waals surface area contributed by atoms with Crippen LogP contribution in [0.2, 0.25) is 0 Å². The summed E-state index contributed by atoms with van der Waals surface area (Å²) in [6.07, 6.45) is 6.15. The van der Waals surface area contributed by atoms with Gasteiger partial charge >= 0.3 is 6.09 Å². The van der Waals surface area contributed by atoms with Crippen molar-refractivity contribution in [3.8, 4) is 11.1 Å². The van der Waals surface area contributed by atoms with E-state index in [2.05, 4.69) is 41.7 Å². The molecular weight excluding hydrogens is 350 g/mol. The highest BCUT2D eigenvalue weighted by molar-refractivity contribution is 5.79. The molecule has 4 rings (SSSR count). The molecule has 1 amide bonds. The number of alkyl carbamates (subject to hydrolysis) is 1. The van der Waals surface area contributed by atoms with Crippen LogP contribution in [-0.4, -0.2) is 30.5 Å². The van der Waals surface area contributed by atoms with Gasteiger partial charge in [0.2, 0.25) is 0 Å². The third kappa shape index (κ3) is 3.93. The Kier molecular flexibility index (Phi) is 5.96. The smallest absolute Gasteiger partial charge is 0.407 e. The molecule has 0 saturated heterocycles. The first-order chi connectivity index (χ1) is 13.8. The molecule has 2 aliphatic rings. The van der Waals surface area contributed by atoms with E-state index >= 15 is 0 Å². The number of benzene rings is 2. The Morgan fingerprint density at radius 2 is 1.61 bits per heavy atom. The van der Waals surface area contributed by atoms with Crippen LogP contribution in [-0.2, 0) is 4.74 Å². The maximum atomic E-state index is 12.5. The van der Waals surface area contributed by atoms with Gasteiger partial charge in [-0.2, -0.15) is 0 Å². The van der Waals surface area contributed by atoms with Crippen molar-refractivity contribution in [3.63, 3.8) is 0 Å².